The predicted octanol–water partition coefficient (Wildman–Crippen LogP) is 3.58. The fourth-order valence-electron chi connectivity index (χ4n) is 4.31. The van der Waals surface area contributed by atoms with Crippen LogP contribution in [0.4, 0.5) is 11.8 Å². The first-order valence-corrected chi connectivity index (χ1v) is 12.6. The molecule has 0 radical (unpaired) electrons. The van der Waals surface area contributed by atoms with Crippen molar-refractivity contribution in [1.82, 2.24) is 14.9 Å². The number of nitrogens with zero attached hydrogens (tertiary/aromatic N) is 3. The van der Waals surface area contributed by atoms with Crippen LogP contribution in [0.1, 0.15) is 44.8 Å². The van der Waals surface area contributed by atoms with Crippen LogP contribution < -0.4 is 21.3 Å². The third kappa shape index (κ3) is 5.74. The number of halogens is 1. The van der Waals surface area contributed by atoms with E-state index in [2.05, 4.69) is 31.5 Å². The van der Waals surface area contributed by atoms with E-state index < -0.39 is 0 Å². The van der Waals surface area contributed by atoms with E-state index in [4.69, 9.17) is 10.7 Å². The second-order valence-electron chi connectivity index (χ2n) is 8.86. The summed E-state index contributed by atoms with van der Waals surface area (Å²) in [6.45, 7) is 3.79. The molecule has 1 saturated heterocycles. The molecule has 0 aliphatic carbocycles. The summed E-state index contributed by atoms with van der Waals surface area (Å²) in [5, 5.41) is 5.87. The maximum atomic E-state index is 13.5. The molecule has 0 bridgehead atoms. The van der Waals surface area contributed by atoms with Crippen molar-refractivity contribution in [3.63, 3.8) is 0 Å². The summed E-state index contributed by atoms with van der Waals surface area (Å²) in [5.41, 5.74) is 9.29. The average molecular weight is 539 g/mol. The van der Waals surface area contributed by atoms with E-state index in [0.29, 0.717) is 36.1 Å². The molecule has 1 aromatic heterocycles. The van der Waals surface area contributed by atoms with Gasteiger partial charge in [-0.1, -0.05) is 64.0 Å². The van der Waals surface area contributed by atoms with Crippen LogP contribution in [0, 0.1) is 6.92 Å². The van der Waals surface area contributed by atoms with E-state index in [0.717, 1.165) is 35.0 Å². The maximum absolute atomic E-state index is 13.5. The Labute approximate surface area is 214 Å². The molecule has 35 heavy (non-hydrogen) atoms. The number of ketones is 1. The van der Waals surface area contributed by atoms with Crippen molar-refractivity contribution in [2.45, 2.75) is 32.4 Å². The van der Waals surface area contributed by atoms with E-state index in [1.807, 2.05) is 47.9 Å². The highest BCUT2D eigenvalue weighted by Gasteiger charge is 2.28. The number of imidazole rings is 1. The summed E-state index contributed by atoms with van der Waals surface area (Å²) in [4.78, 5) is 33.1. The number of Topliss-reactive ketones (excluding diaryl/α,β-unsaturated/α-hetero) is 1. The number of anilines is 2. The fourth-order valence-corrected chi connectivity index (χ4v) is 4.72. The average Bonchev–Trinajstić information content (AvgIpc) is 3.22. The van der Waals surface area contributed by atoms with Gasteiger partial charge in [0.2, 0.25) is 5.95 Å². The number of carbonyl (C=O) groups is 2. The minimum atomic E-state index is -0.359. The van der Waals surface area contributed by atoms with Crippen LogP contribution in [0.3, 0.4) is 0 Å². The zero-order chi connectivity index (χ0) is 24.9. The van der Waals surface area contributed by atoms with Gasteiger partial charge in [-0.15, -0.1) is 0 Å². The zero-order valence-corrected chi connectivity index (χ0v) is 21.6. The van der Waals surface area contributed by atoms with Crippen LogP contribution in [0.2, 0.25) is 0 Å². The van der Waals surface area contributed by atoms with Gasteiger partial charge in [0.25, 0.3) is 5.91 Å². The van der Waals surface area contributed by atoms with E-state index in [1.165, 1.54) is 0 Å². The first kappa shape index (κ1) is 24.9. The van der Waals surface area contributed by atoms with Crippen molar-refractivity contribution in [3.05, 3.63) is 75.4 Å². The van der Waals surface area contributed by atoms with Gasteiger partial charge in [-0.2, -0.15) is 4.98 Å². The zero-order valence-electron chi connectivity index (χ0n) is 20.1. The Morgan fingerprint density at radius 3 is 2.60 bits per heavy atom. The van der Waals surface area contributed by atoms with Crippen LogP contribution in [-0.2, 0) is 6.54 Å². The van der Waals surface area contributed by atoms with Gasteiger partial charge in [0, 0.05) is 36.2 Å². The summed E-state index contributed by atoms with van der Waals surface area (Å²) in [7, 11) is 1.74. The Morgan fingerprint density at radius 2 is 1.91 bits per heavy atom. The van der Waals surface area contributed by atoms with Gasteiger partial charge < -0.3 is 21.3 Å². The number of carbonyl (C=O) groups excluding carboxylic acids is 2. The molecule has 8 nitrogen and oxygen atoms in total. The number of benzene rings is 2. The number of piperidine rings is 1. The van der Waals surface area contributed by atoms with Crippen LogP contribution in [0.25, 0.3) is 0 Å². The predicted molar refractivity (Wildman–Crippen MR) is 142 cm³/mol. The number of aryl methyl sites for hydroxylation is 1. The van der Waals surface area contributed by atoms with Gasteiger partial charge in [-0.25, -0.2) is 0 Å². The lowest BCUT2D eigenvalue weighted by Crippen LogP contribution is -2.44. The lowest BCUT2D eigenvalue weighted by Gasteiger charge is -2.32. The van der Waals surface area contributed by atoms with Crippen molar-refractivity contribution < 1.29 is 9.59 Å². The lowest BCUT2D eigenvalue weighted by atomic mass is 10.1. The molecule has 1 amide bonds. The number of aromatic nitrogens is 2. The monoisotopic (exact) mass is 538 g/mol. The first-order chi connectivity index (χ1) is 16.9. The molecule has 4 rings (SSSR count). The topological polar surface area (TPSA) is 105 Å². The van der Waals surface area contributed by atoms with Crippen molar-refractivity contribution in [1.29, 1.82) is 0 Å². The Bertz CT molecular complexity index is 1210. The van der Waals surface area contributed by atoms with Crippen LogP contribution in [-0.4, -0.2) is 54.0 Å². The van der Waals surface area contributed by atoms with Crippen LogP contribution >= 0.6 is 15.9 Å². The molecular weight excluding hydrogens is 508 g/mol. The number of nitrogens with one attached hydrogen (secondary N) is 2. The molecule has 4 N–H and O–H groups in total. The first-order valence-electron chi connectivity index (χ1n) is 11.8. The second kappa shape index (κ2) is 11.0. The van der Waals surface area contributed by atoms with Gasteiger partial charge in [-0.3, -0.25) is 14.2 Å². The van der Waals surface area contributed by atoms with Gasteiger partial charge in [-0.05, 0) is 31.4 Å². The number of hydrogen-bond donors (Lipinski definition) is 3. The van der Waals surface area contributed by atoms with E-state index >= 15 is 0 Å². The number of amides is 1. The second-order valence-corrected chi connectivity index (χ2v) is 9.71. The van der Waals surface area contributed by atoms with Gasteiger partial charge >= 0.3 is 0 Å². The van der Waals surface area contributed by atoms with Crippen molar-refractivity contribution in [2.75, 3.05) is 36.9 Å². The largest absolute Gasteiger partial charge is 0.371 e. The normalized spacial score (nSPS) is 15.7. The minimum absolute atomic E-state index is 0.0554. The van der Waals surface area contributed by atoms with Gasteiger partial charge in [0.1, 0.15) is 0 Å². The molecule has 9 heteroatoms. The highest BCUT2D eigenvalue weighted by atomic mass is 79.9. The molecule has 0 spiro atoms. The van der Waals surface area contributed by atoms with E-state index in [-0.39, 0.29) is 24.3 Å². The molecule has 1 aliphatic rings. The molecule has 1 aliphatic heterocycles. The molecule has 2 heterocycles. The highest BCUT2D eigenvalue weighted by Crippen LogP contribution is 2.29. The summed E-state index contributed by atoms with van der Waals surface area (Å²) in [5.74, 6) is 0.645. The summed E-state index contributed by atoms with van der Waals surface area (Å²) >= 11 is 3.62. The van der Waals surface area contributed by atoms with Crippen LogP contribution in [0.15, 0.2) is 53.0 Å². The fraction of sp³-hybridized carbons (Fsp3) is 0.346. The minimum Gasteiger partial charge on any atom is -0.371 e. The Balaban J connectivity index is 1.66. The third-order valence-electron chi connectivity index (χ3n) is 6.21. The smallest absolute Gasteiger partial charge is 0.272 e. The molecule has 1 fully saturated rings. The molecule has 0 saturated carbocycles. The van der Waals surface area contributed by atoms with Crippen molar-refractivity contribution in [2.24, 2.45) is 5.73 Å². The Kier molecular flexibility index (Phi) is 7.87. The quantitative estimate of drug-likeness (QED) is 0.378. The summed E-state index contributed by atoms with van der Waals surface area (Å²) < 4.78 is 2.86. The molecule has 184 valence electrons. The number of rotatable bonds is 8. The van der Waals surface area contributed by atoms with Crippen LogP contribution in [0.5, 0.6) is 0 Å². The summed E-state index contributed by atoms with van der Waals surface area (Å²) in [6.07, 6.45) is 1.93. The summed E-state index contributed by atoms with van der Waals surface area (Å²) in [6, 6.07) is 15.3. The molecule has 1 atom stereocenters. The van der Waals surface area contributed by atoms with Crippen molar-refractivity contribution >= 4 is 39.4 Å². The molecule has 1 unspecified atom stereocenters. The van der Waals surface area contributed by atoms with E-state index in [1.54, 1.807) is 19.2 Å². The number of hydrogen-bond acceptors (Lipinski definition) is 6. The third-order valence-corrected chi connectivity index (χ3v) is 6.98. The van der Waals surface area contributed by atoms with Gasteiger partial charge in [0.05, 0.1) is 13.1 Å². The van der Waals surface area contributed by atoms with Gasteiger partial charge in [0.15, 0.2) is 17.3 Å². The Morgan fingerprint density at radius 1 is 1.17 bits per heavy atom. The molecule has 3 aromatic rings. The Hall–Kier alpha value is -3.17. The molecular formula is C26H31BrN6O2. The lowest BCUT2D eigenvalue weighted by molar-refractivity contribution is 0.0899. The van der Waals surface area contributed by atoms with E-state index in [9.17, 15) is 9.59 Å². The standard InChI is InChI=1S/C26H31BrN6O2/c1-17-9-11-18(12-10-17)22(34)14-30-25(35)23-24(29-2)31-26(32-13-5-7-20(28)16-32)33(23)15-19-6-3-4-8-21(19)27/h3-4,6,8-12,20,29H,5,7,13-16,28H2,1-2H3,(H,30,35). The highest BCUT2D eigenvalue weighted by molar-refractivity contribution is 9.10. The maximum Gasteiger partial charge on any atom is 0.272 e. The SMILES string of the molecule is CNc1nc(N2CCCC(N)C2)n(Cc2ccccc2Br)c1C(=O)NCC(=O)c1ccc(C)cc1. The van der Waals surface area contributed by atoms with Crippen molar-refractivity contribution in [3.8, 4) is 0 Å². The molecule has 2 aromatic carbocycles. The number of nitrogens with two attached hydrogens (primary N) is 1.